The summed E-state index contributed by atoms with van der Waals surface area (Å²) in [6.45, 7) is 3.67. The van der Waals surface area contributed by atoms with Gasteiger partial charge in [0.2, 0.25) is 12.7 Å². The van der Waals surface area contributed by atoms with Crippen LogP contribution in [0.15, 0.2) is 0 Å². The summed E-state index contributed by atoms with van der Waals surface area (Å²) in [5.41, 5.74) is 0. The van der Waals surface area contributed by atoms with Gasteiger partial charge in [0.1, 0.15) is 11.4 Å². The lowest BCUT2D eigenvalue weighted by atomic mass is 9.98. The molecule has 2 heterocycles. The Hall–Kier alpha value is -1.20. The summed E-state index contributed by atoms with van der Waals surface area (Å²) in [5, 5.41) is -1.02. The quantitative estimate of drug-likeness (QED) is 0.255. The Morgan fingerprint density at radius 1 is 1.38 bits per heavy atom. The molecule has 2 aliphatic heterocycles. The fraction of sp³-hybridized carbons (Fsp3) is 0.846. The molecule has 138 valence electrons. The highest BCUT2D eigenvalue weighted by Gasteiger charge is 2.68. The molecule has 0 saturated carbocycles. The molecule has 0 aromatic heterocycles. The number of unbranched alkanes of at least 4 members (excludes halogenated alkanes) is 1. The molecule has 2 aliphatic rings. The number of amides is 1. The van der Waals surface area contributed by atoms with E-state index >= 15 is 0 Å². The Kier molecular flexibility index (Phi) is 4.99. The van der Waals surface area contributed by atoms with Gasteiger partial charge in [-0.3, -0.25) is 4.79 Å². The Balaban J connectivity index is 2.03. The van der Waals surface area contributed by atoms with Crippen LogP contribution >= 0.6 is 0 Å². The topological polar surface area (TPSA) is 124 Å². The molecule has 0 aliphatic carbocycles. The maximum Gasteiger partial charge on any atom is 0.332 e. The van der Waals surface area contributed by atoms with E-state index in [0.29, 0.717) is 12.8 Å². The summed E-state index contributed by atoms with van der Waals surface area (Å²) in [7, 11) is -7.52. The first-order valence-corrected chi connectivity index (χ1v) is 10.7. The number of hydrogen-bond donors (Lipinski definition) is 0. The summed E-state index contributed by atoms with van der Waals surface area (Å²) < 4.78 is 55.6. The van der Waals surface area contributed by atoms with Gasteiger partial charge in [-0.15, -0.1) is 0 Å². The molecule has 0 N–H and O–H groups in total. The summed E-state index contributed by atoms with van der Waals surface area (Å²) in [5.74, 6) is -1.64. The predicted molar refractivity (Wildman–Crippen MR) is 82.8 cm³/mol. The highest BCUT2D eigenvalue weighted by atomic mass is 32.2. The van der Waals surface area contributed by atoms with E-state index in [0.717, 1.165) is 4.90 Å². The molecule has 0 aromatic rings. The highest BCUT2D eigenvalue weighted by molar-refractivity contribution is 7.93. The zero-order valence-corrected chi connectivity index (χ0v) is 15.4. The molecular weight excluding hydrogens is 362 g/mol. The van der Waals surface area contributed by atoms with E-state index in [2.05, 4.69) is 4.18 Å². The number of β-lactam (4-membered cyclic amide) rings is 1. The van der Waals surface area contributed by atoms with Gasteiger partial charge in [-0.05, 0) is 20.3 Å². The zero-order chi connectivity index (χ0) is 18.3. The number of hydrogen-bond acceptors (Lipinski definition) is 8. The Bertz CT molecular complexity index is 740. The lowest BCUT2D eigenvalue weighted by Gasteiger charge is -2.36. The third kappa shape index (κ3) is 3.04. The Labute approximate surface area is 141 Å². The predicted octanol–water partition coefficient (Wildman–Crippen LogP) is -0.232. The summed E-state index contributed by atoms with van der Waals surface area (Å²) >= 11 is 0. The summed E-state index contributed by atoms with van der Waals surface area (Å²) in [6.07, 6.45) is 0.917. The number of ether oxygens (including phenoxy) is 1. The van der Waals surface area contributed by atoms with Crippen LogP contribution in [0.4, 0.5) is 0 Å². The fourth-order valence-corrected chi connectivity index (χ4v) is 5.90. The van der Waals surface area contributed by atoms with Crippen LogP contribution in [0.25, 0.3) is 0 Å². The lowest BCUT2D eigenvalue weighted by molar-refractivity contribution is -0.165. The standard InChI is InChI=1S/C13H21NO8S2/c1-4-5-6-23(17,18)22-8-21-12(16)11-13(2,3)24(19,20)10-7-9(15)14(10)11/h10-11H,4-8H2,1-3H3/t10-,11+/m1/s1. The van der Waals surface area contributed by atoms with E-state index in [9.17, 15) is 26.4 Å². The Morgan fingerprint density at radius 2 is 2.00 bits per heavy atom. The largest absolute Gasteiger partial charge is 0.436 e. The first kappa shape index (κ1) is 19.1. The van der Waals surface area contributed by atoms with E-state index in [-0.39, 0.29) is 12.2 Å². The molecule has 11 heteroatoms. The highest BCUT2D eigenvalue weighted by Crippen LogP contribution is 2.45. The van der Waals surface area contributed by atoms with Crippen LogP contribution in [0, 0.1) is 0 Å². The van der Waals surface area contributed by atoms with Gasteiger partial charge in [0.05, 0.1) is 16.9 Å². The molecule has 2 saturated heterocycles. The van der Waals surface area contributed by atoms with Crippen molar-refractivity contribution in [2.45, 2.75) is 56.2 Å². The minimum Gasteiger partial charge on any atom is -0.436 e. The second-order valence-corrected chi connectivity index (χ2v) is 10.8. The molecule has 2 rings (SSSR count). The number of rotatable bonds is 7. The van der Waals surface area contributed by atoms with Crippen LogP contribution in [-0.4, -0.2) is 62.3 Å². The minimum absolute atomic E-state index is 0.155. The normalized spacial score (nSPS) is 27.5. The van der Waals surface area contributed by atoms with Gasteiger partial charge in [-0.1, -0.05) is 13.3 Å². The fourth-order valence-electron chi connectivity index (χ4n) is 2.82. The van der Waals surface area contributed by atoms with Crippen molar-refractivity contribution < 1.29 is 35.3 Å². The van der Waals surface area contributed by atoms with E-state index in [1.807, 2.05) is 6.92 Å². The average Bonchev–Trinajstić information content (AvgIpc) is 2.58. The van der Waals surface area contributed by atoms with Crippen LogP contribution in [0.2, 0.25) is 0 Å². The number of sulfone groups is 1. The van der Waals surface area contributed by atoms with Crippen molar-refractivity contribution in [3.8, 4) is 0 Å². The SMILES string of the molecule is CCCCS(=O)(=O)OCOC(=O)[C@@H]1N2C(=O)C[C@H]2S(=O)(=O)C1(C)C. The second kappa shape index (κ2) is 6.26. The molecule has 1 amide bonds. The van der Waals surface area contributed by atoms with Crippen molar-refractivity contribution in [3.63, 3.8) is 0 Å². The Morgan fingerprint density at radius 3 is 2.54 bits per heavy atom. The van der Waals surface area contributed by atoms with E-state index in [1.165, 1.54) is 13.8 Å². The smallest absolute Gasteiger partial charge is 0.332 e. The molecule has 0 bridgehead atoms. The van der Waals surface area contributed by atoms with Gasteiger partial charge in [-0.2, -0.15) is 8.42 Å². The molecule has 0 aromatic carbocycles. The van der Waals surface area contributed by atoms with Crippen LogP contribution in [-0.2, 0) is 38.5 Å². The molecule has 2 fully saturated rings. The van der Waals surface area contributed by atoms with Crippen LogP contribution < -0.4 is 0 Å². The average molecular weight is 383 g/mol. The number of nitrogens with zero attached hydrogens (tertiary/aromatic N) is 1. The maximum absolute atomic E-state index is 12.4. The first-order chi connectivity index (χ1) is 11.0. The molecule has 0 unspecified atom stereocenters. The summed E-state index contributed by atoms with van der Waals surface area (Å²) in [4.78, 5) is 24.9. The van der Waals surface area contributed by atoms with E-state index in [4.69, 9.17) is 4.74 Å². The molecule has 2 atom stereocenters. The third-order valence-corrected chi connectivity index (χ3v) is 8.42. The van der Waals surface area contributed by atoms with Gasteiger partial charge in [-0.25, -0.2) is 17.4 Å². The van der Waals surface area contributed by atoms with Crippen molar-refractivity contribution in [2.75, 3.05) is 12.5 Å². The van der Waals surface area contributed by atoms with Gasteiger partial charge >= 0.3 is 5.97 Å². The first-order valence-electron chi connectivity index (χ1n) is 7.54. The maximum atomic E-state index is 12.4. The van der Waals surface area contributed by atoms with Crippen LogP contribution in [0.1, 0.15) is 40.0 Å². The van der Waals surface area contributed by atoms with Crippen molar-refractivity contribution in [3.05, 3.63) is 0 Å². The van der Waals surface area contributed by atoms with Crippen molar-refractivity contribution in [2.24, 2.45) is 0 Å². The van der Waals surface area contributed by atoms with Crippen molar-refractivity contribution in [1.29, 1.82) is 0 Å². The van der Waals surface area contributed by atoms with Crippen molar-refractivity contribution >= 4 is 31.8 Å². The number of carbonyl (C=O) groups is 2. The van der Waals surface area contributed by atoms with Crippen LogP contribution in [0.5, 0.6) is 0 Å². The molecule has 0 spiro atoms. The molecule has 9 nitrogen and oxygen atoms in total. The third-order valence-electron chi connectivity index (χ3n) is 4.38. The molecule has 0 radical (unpaired) electrons. The van der Waals surface area contributed by atoms with Gasteiger partial charge in [0.25, 0.3) is 10.1 Å². The van der Waals surface area contributed by atoms with Gasteiger partial charge in [0.15, 0.2) is 9.84 Å². The van der Waals surface area contributed by atoms with E-state index in [1.54, 1.807) is 0 Å². The number of fused-ring (bicyclic) bond motifs is 1. The monoisotopic (exact) mass is 383 g/mol. The molecule has 24 heavy (non-hydrogen) atoms. The van der Waals surface area contributed by atoms with Crippen LogP contribution in [0.3, 0.4) is 0 Å². The lowest BCUT2D eigenvalue weighted by Crippen LogP contribution is -2.57. The molecular formula is C13H21NO8S2. The second-order valence-electron chi connectivity index (χ2n) is 6.33. The minimum atomic E-state index is -3.81. The van der Waals surface area contributed by atoms with E-state index < -0.39 is 54.8 Å². The summed E-state index contributed by atoms with van der Waals surface area (Å²) in [6, 6.07) is -1.31. The zero-order valence-electron chi connectivity index (χ0n) is 13.7. The van der Waals surface area contributed by atoms with Gasteiger partial charge in [0, 0.05) is 0 Å². The van der Waals surface area contributed by atoms with Gasteiger partial charge < -0.3 is 9.64 Å². The van der Waals surface area contributed by atoms with Crippen molar-refractivity contribution in [1.82, 2.24) is 4.90 Å². The number of esters is 1. The number of carbonyl (C=O) groups excluding carboxylic acids is 2.